The molecule has 0 saturated heterocycles. The molecule has 0 radical (unpaired) electrons. The summed E-state index contributed by atoms with van der Waals surface area (Å²) >= 11 is 23.1. The predicted octanol–water partition coefficient (Wildman–Crippen LogP) is 7.68. The van der Waals surface area contributed by atoms with Gasteiger partial charge in [0.15, 0.2) is 7.28 Å². The lowest BCUT2D eigenvalue weighted by molar-refractivity contribution is -0.139. The molecule has 0 aliphatic carbocycles. The van der Waals surface area contributed by atoms with Gasteiger partial charge in [0.25, 0.3) is 0 Å². The lowest BCUT2D eigenvalue weighted by Gasteiger charge is -2.18. The van der Waals surface area contributed by atoms with E-state index in [1.807, 2.05) is 6.82 Å². The second-order valence-electron chi connectivity index (χ2n) is 8.12. The van der Waals surface area contributed by atoms with E-state index in [2.05, 4.69) is 0 Å². The van der Waals surface area contributed by atoms with Crippen LogP contribution in [0.3, 0.4) is 0 Å². The fraction of sp³-hybridized carbons (Fsp3) is 0.333. The van der Waals surface area contributed by atoms with Crippen LogP contribution in [-0.2, 0) is 4.79 Å². The molecule has 2 nitrogen and oxygen atoms in total. The molecule has 2 aromatic carbocycles. The van der Waals surface area contributed by atoms with Crippen molar-refractivity contribution in [2.24, 2.45) is 0 Å². The number of hydrogen-bond acceptors (Lipinski definition) is 2. The van der Waals surface area contributed by atoms with Crippen LogP contribution in [0.1, 0.15) is 41.9 Å². The second kappa shape index (κ2) is 13.4. The summed E-state index contributed by atoms with van der Waals surface area (Å²) in [4.78, 5) is 12.1. The normalized spacial score (nSPS) is 13.0. The average Bonchev–Trinajstić information content (AvgIpc) is 2.79. The Morgan fingerprint density at radius 2 is 1.68 bits per heavy atom. The van der Waals surface area contributed by atoms with Crippen molar-refractivity contribution < 1.29 is 31.1 Å². The molecule has 0 saturated carbocycles. The third kappa shape index (κ3) is 9.82. The van der Waals surface area contributed by atoms with Crippen LogP contribution >= 0.6 is 47.0 Å². The first-order valence-electron chi connectivity index (χ1n) is 11.0. The van der Waals surface area contributed by atoms with Gasteiger partial charge in [-0.15, -0.1) is 0 Å². The number of nitrogens with one attached hydrogen (secondary N) is 1. The van der Waals surface area contributed by atoms with Crippen molar-refractivity contribution in [1.29, 1.82) is 0 Å². The zero-order valence-corrected chi connectivity index (χ0v) is 22.5. The van der Waals surface area contributed by atoms with Crippen molar-refractivity contribution in [3.8, 4) is 0 Å². The fourth-order valence-corrected chi connectivity index (χ4v) is 4.44. The number of rotatable bonds is 10. The van der Waals surface area contributed by atoms with Gasteiger partial charge < -0.3 is 5.32 Å². The first-order chi connectivity index (χ1) is 17.1. The lowest BCUT2D eigenvalue weighted by atomic mass is 9.69. The van der Waals surface area contributed by atoms with E-state index in [0.717, 1.165) is 23.7 Å². The van der Waals surface area contributed by atoms with Gasteiger partial charge >= 0.3 is 12.4 Å². The highest BCUT2D eigenvalue weighted by molar-refractivity contribution is 7.80. The number of thiocarbonyl (C=S) groups is 1. The highest BCUT2D eigenvalue weighted by Gasteiger charge is 2.39. The van der Waals surface area contributed by atoms with E-state index in [1.165, 1.54) is 6.08 Å². The van der Waals surface area contributed by atoms with E-state index >= 15 is 0 Å². The molecule has 0 spiro atoms. The first kappa shape index (κ1) is 31.5. The SMILES string of the molecule is CBc1cc(/C=C/C(c2cc(Cl)c(Cl)c(Cl)c2)C(F)(F)F)ccc1C(=S)CCCC(=O)NCC(F)(F)F. The van der Waals surface area contributed by atoms with Gasteiger partial charge in [-0.05, 0) is 41.7 Å². The molecule has 1 amide bonds. The second-order valence-corrected chi connectivity index (χ2v) is 9.80. The van der Waals surface area contributed by atoms with Gasteiger partial charge in [0.2, 0.25) is 5.91 Å². The molecule has 2 rings (SSSR count). The molecule has 37 heavy (non-hydrogen) atoms. The van der Waals surface area contributed by atoms with Crippen LogP contribution in [0.5, 0.6) is 0 Å². The summed E-state index contributed by atoms with van der Waals surface area (Å²) in [7, 11) is 0.536. The van der Waals surface area contributed by atoms with Gasteiger partial charge in [0.1, 0.15) is 6.54 Å². The van der Waals surface area contributed by atoms with E-state index in [-0.39, 0.29) is 33.5 Å². The van der Waals surface area contributed by atoms with E-state index < -0.39 is 30.7 Å². The maximum atomic E-state index is 13.8. The van der Waals surface area contributed by atoms with Crippen molar-refractivity contribution in [3.63, 3.8) is 0 Å². The number of halogens is 9. The summed E-state index contributed by atoms with van der Waals surface area (Å²) in [6.45, 7) is 0.467. The van der Waals surface area contributed by atoms with E-state index in [4.69, 9.17) is 47.0 Å². The number of alkyl halides is 6. The Balaban J connectivity index is 2.15. The largest absolute Gasteiger partial charge is 0.405 e. The molecule has 0 aliphatic rings. The molecule has 2 aromatic rings. The van der Waals surface area contributed by atoms with Crippen LogP contribution in [0.25, 0.3) is 6.08 Å². The molecule has 0 bridgehead atoms. The van der Waals surface area contributed by atoms with Gasteiger partial charge in [-0.1, -0.05) is 89.7 Å². The Morgan fingerprint density at radius 1 is 1.05 bits per heavy atom. The summed E-state index contributed by atoms with van der Waals surface area (Å²) < 4.78 is 77.9. The van der Waals surface area contributed by atoms with Crippen LogP contribution in [-0.4, -0.2) is 36.9 Å². The topological polar surface area (TPSA) is 29.1 Å². The molecular formula is C24H21BCl3F6NOS. The molecule has 1 N–H and O–H groups in total. The smallest absolute Gasteiger partial charge is 0.347 e. The third-order valence-electron chi connectivity index (χ3n) is 5.30. The molecule has 13 heteroatoms. The van der Waals surface area contributed by atoms with Crippen LogP contribution < -0.4 is 10.8 Å². The highest BCUT2D eigenvalue weighted by Crippen LogP contribution is 2.41. The molecule has 1 unspecified atom stereocenters. The fourth-order valence-electron chi connectivity index (χ4n) is 3.48. The van der Waals surface area contributed by atoms with Crippen molar-refractivity contribution >= 4 is 76.6 Å². The Labute approximate surface area is 231 Å². The van der Waals surface area contributed by atoms with Crippen LogP contribution in [0.2, 0.25) is 21.9 Å². The summed E-state index contributed by atoms with van der Waals surface area (Å²) in [5.41, 5.74) is 1.84. The summed E-state index contributed by atoms with van der Waals surface area (Å²) in [6, 6.07) is 7.26. The lowest BCUT2D eigenvalue weighted by Crippen LogP contribution is -2.33. The number of benzene rings is 2. The van der Waals surface area contributed by atoms with Crippen molar-refractivity contribution in [3.05, 3.63) is 68.2 Å². The van der Waals surface area contributed by atoms with Gasteiger partial charge in [-0.3, -0.25) is 4.79 Å². The molecule has 0 aliphatic heterocycles. The molecule has 0 heterocycles. The van der Waals surface area contributed by atoms with Crippen LogP contribution in [0, 0.1) is 0 Å². The average molecular weight is 603 g/mol. The summed E-state index contributed by atoms with van der Waals surface area (Å²) in [6.07, 6.45) is -6.31. The van der Waals surface area contributed by atoms with E-state index in [0.29, 0.717) is 29.7 Å². The zero-order chi connectivity index (χ0) is 28.0. The third-order valence-corrected chi connectivity index (χ3v) is 6.92. The minimum absolute atomic E-state index is 0.0296. The minimum atomic E-state index is -4.61. The Hall–Kier alpha value is -1.75. The summed E-state index contributed by atoms with van der Waals surface area (Å²) in [5, 5.41) is 1.60. The zero-order valence-electron chi connectivity index (χ0n) is 19.4. The van der Waals surface area contributed by atoms with Gasteiger partial charge in [-0.25, -0.2) is 0 Å². The minimum Gasteiger partial charge on any atom is -0.347 e. The first-order valence-corrected chi connectivity index (χ1v) is 12.6. The monoisotopic (exact) mass is 601 g/mol. The molecular weight excluding hydrogens is 581 g/mol. The van der Waals surface area contributed by atoms with Crippen molar-refractivity contribution in [2.75, 3.05) is 6.54 Å². The quantitative estimate of drug-likeness (QED) is 0.0994. The summed E-state index contributed by atoms with van der Waals surface area (Å²) in [5.74, 6) is -2.70. The molecule has 1 atom stereocenters. The molecule has 0 aromatic heterocycles. The number of allylic oxidation sites excluding steroid dienone is 1. The molecule has 200 valence electrons. The standard InChI is InChI=1S/C24H21BCl3F6NOS/c1-25-17-9-13(5-7-15(17)20(37)3-2-4-21(36)35-12-23(29,30)31)6-8-16(24(32,33)34)14-10-18(26)22(28)19(27)11-14/h5-11,16,25H,2-4,12H2,1H3,(H,35,36)/b8-6+. The Morgan fingerprint density at radius 3 is 2.22 bits per heavy atom. The predicted molar refractivity (Wildman–Crippen MR) is 143 cm³/mol. The van der Waals surface area contributed by atoms with Gasteiger partial charge in [-0.2, -0.15) is 26.3 Å². The van der Waals surface area contributed by atoms with Crippen LogP contribution in [0.15, 0.2) is 36.4 Å². The van der Waals surface area contributed by atoms with Crippen LogP contribution in [0.4, 0.5) is 26.3 Å². The van der Waals surface area contributed by atoms with Crippen molar-refractivity contribution in [2.45, 2.75) is 44.4 Å². The molecule has 0 fully saturated rings. The number of carbonyl (C=O) groups is 1. The van der Waals surface area contributed by atoms with Crippen molar-refractivity contribution in [1.82, 2.24) is 5.32 Å². The highest BCUT2D eigenvalue weighted by atomic mass is 35.5. The maximum Gasteiger partial charge on any atom is 0.405 e. The Kier molecular flexibility index (Phi) is 11.4. The van der Waals surface area contributed by atoms with E-state index in [1.54, 1.807) is 23.5 Å². The van der Waals surface area contributed by atoms with Gasteiger partial charge in [0.05, 0.1) is 21.0 Å². The Bertz CT molecular complexity index is 1150. The van der Waals surface area contributed by atoms with E-state index in [9.17, 15) is 31.1 Å². The van der Waals surface area contributed by atoms with Gasteiger partial charge in [0, 0.05) is 11.3 Å². The maximum absolute atomic E-state index is 13.8. The number of carbonyl (C=O) groups excluding carboxylic acids is 1. The number of hydrogen-bond donors (Lipinski definition) is 1. The number of amides is 1.